The Balaban J connectivity index is 1.55. The van der Waals surface area contributed by atoms with Gasteiger partial charge in [-0.25, -0.2) is 13.2 Å². The molecule has 4 aromatic rings. The van der Waals surface area contributed by atoms with Crippen LogP contribution >= 0.6 is 0 Å². The minimum Gasteiger partial charge on any atom is -0.618 e. The molecule has 0 aliphatic carbocycles. The van der Waals surface area contributed by atoms with E-state index in [-0.39, 0.29) is 58.2 Å². The Morgan fingerprint density at radius 1 is 1.16 bits per heavy atom. The van der Waals surface area contributed by atoms with Crippen molar-refractivity contribution in [3.63, 3.8) is 0 Å². The molecule has 2 aromatic carbocycles. The average molecular weight is 534 g/mol. The molecule has 2 aromatic heterocycles. The van der Waals surface area contributed by atoms with Crippen molar-refractivity contribution in [1.82, 2.24) is 4.57 Å². The summed E-state index contributed by atoms with van der Waals surface area (Å²) in [6.07, 6.45) is -0.0192. The summed E-state index contributed by atoms with van der Waals surface area (Å²) in [5, 5.41) is 25.4. The first kappa shape index (κ1) is 24.1. The molecule has 0 bridgehead atoms. The summed E-state index contributed by atoms with van der Waals surface area (Å²) in [6.45, 7) is 3.28. The third-order valence-corrected chi connectivity index (χ3v) is 8.68. The van der Waals surface area contributed by atoms with E-state index in [1.54, 1.807) is 37.3 Å². The van der Waals surface area contributed by atoms with Gasteiger partial charge in [-0.3, -0.25) is 14.1 Å². The van der Waals surface area contributed by atoms with Crippen molar-refractivity contribution < 1.29 is 27.8 Å². The molecular weight excluding hydrogens is 510 g/mol. The molecule has 4 heterocycles. The molecule has 0 fully saturated rings. The summed E-state index contributed by atoms with van der Waals surface area (Å²) in [5.74, 6) is -0.851. The van der Waals surface area contributed by atoms with Crippen molar-refractivity contribution in [2.75, 3.05) is 4.72 Å². The Labute approximate surface area is 217 Å². The summed E-state index contributed by atoms with van der Waals surface area (Å²) < 4.78 is 35.8. The fraction of sp³-hybridized carbons (Fsp3) is 0.222. The number of hydrogen-bond donors (Lipinski definition) is 2. The van der Waals surface area contributed by atoms with Gasteiger partial charge in [0.2, 0.25) is 11.2 Å². The van der Waals surface area contributed by atoms with Crippen LogP contribution in [0.4, 0.5) is 5.69 Å². The first-order valence-corrected chi connectivity index (χ1v) is 13.5. The minimum atomic E-state index is -4.00. The van der Waals surface area contributed by atoms with E-state index in [1.807, 2.05) is 6.92 Å². The number of aromatic nitrogens is 2. The molecule has 0 unspecified atom stereocenters. The lowest BCUT2D eigenvalue weighted by atomic mass is 9.86. The maximum Gasteiger partial charge on any atom is 0.343 e. The van der Waals surface area contributed by atoms with Gasteiger partial charge in [0, 0.05) is 11.1 Å². The van der Waals surface area contributed by atoms with Crippen molar-refractivity contribution in [2.45, 2.75) is 43.9 Å². The van der Waals surface area contributed by atoms with Crippen LogP contribution in [0.3, 0.4) is 0 Å². The molecular formula is C27H23N3O7S. The Morgan fingerprint density at radius 3 is 2.61 bits per heavy atom. The normalized spacial score (nSPS) is 18.0. The van der Waals surface area contributed by atoms with Crippen LogP contribution in [0.15, 0.2) is 64.3 Å². The molecule has 2 aliphatic rings. The summed E-state index contributed by atoms with van der Waals surface area (Å²) in [4.78, 5) is 25.8. The second kappa shape index (κ2) is 8.14. The molecule has 0 amide bonds. The number of para-hydroxylation sites is 1. The van der Waals surface area contributed by atoms with E-state index >= 15 is 0 Å². The van der Waals surface area contributed by atoms with Crippen LogP contribution in [0.25, 0.3) is 22.3 Å². The third kappa shape index (κ3) is 3.35. The third-order valence-electron chi connectivity index (χ3n) is 7.30. The predicted octanol–water partition coefficient (Wildman–Crippen LogP) is 2.43. The molecule has 2 aliphatic heterocycles. The number of aliphatic hydroxyl groups is 1. The first-order valence-electron chi connectivity index (χ1n) is 12.0. The van der Waals surface area contributed by atoms with E-state index < -0.39 is 27.2 Å². The highest BCUT2D eigenvalue weighted by atomic mass is 32.2. The Hall–Kier alpha value is -4.22. The lowest BCUT2D eigenvalue weighted by Crippen LogP contribution is -2.44. The highest BCUT2D eigenvalue weighted by Crippen LogP contribution is 2.38. The minimum absolute atomic E-state index is 0.0192. The van der Waals surface area contributed by atoms with Crippen LogP contribution in [0.2, 0.25) is 0 Å². The van der Waals surface area contributed by atoms with Crippen LogP contribution in [0.5, 0.6) is 0 Å². The predicted molar refractivity (Wildman–Crippen MR) is 138 cm³/mol. The molecule has 10 nitrogen and oxygen atoms in total. The van der Waals surface area contributed by atoms with Crippen LogP contribution in [-0.2, 0) is 38.3 Å². The number of hydrogen-bond acceptors (Lipinski definition) is 7. The number of carbonyl (C=O) groups excluding carboxylic acids is 1. The SMILES string of the molecule is CC[C@@]1(O)C(=O)OCc2c1cc1n(c2=O)Cc2cc3cccc(NS(=O)(=O)c4ccc(C)cc4)c3[n+]([O-])c2-1. The van der Waals surface area contributed by atoms with Gasteiger partial charge in [-0.2, -0.15) is 4.73 Å². The molecule has 6 rings (SSSR count). The van der Waals surface area contributed by atoms with Gasteiger partial charge < -0.3 is 15.1 Å². The molecule has 1 atom stereocenters. The van der Waals surface area contributed by atoms with Crippen molar-refractivity contribution in [3.8, 4) is 11.4 Å². The van der Waals surface area contributed by atoms with E-state index in [4.69, 9.17) is 4.74 Å². The van der Waals surface area contributed by atoms with Crippen LogP contribution in [0.1, 0.15) is 35.6 Å². The smallest absolute Gasteiger partial charge is 0.343 e. The average Bonchev–Trinajstić information content (AvgIpc) is 3.26. The number of rotatable bonds is 4. The van der Waals surface area contributed by atoms with Gasteiger partial charge in [0.1, 0.15) is 18.0 Å². The van der Waals surface area contributed by atoms with E-state index in [0.717, 1.165) is 5.56 Å². The maximum absolute atomic E-state index is 13.9. The summed E-state index contributed by atoms with van der Waals surface area (Å²) in [6, 6.07) is 14.4. The second-order valence-electron chi connectivity index (χ2n) is 9.58. The molecule has 194 valence electrons. The lowest BCUT2D eigenvalue weighted by Gasteiger charge is -2.31. The number of benzene rings is 2. The zero-order valence-corrected chi connectivity index (χ0v) is 21.3. The number of sulfonamides is 1. The van der Waals surface area contributed by atoms with Gasteiger partial charge in [0.25, 0.3) is 15.6 Å². The maximum atomic E-state index is 13.9. The zero-order chi connectivity index (χ0) is 27.0. The van der Waals surface area contributed by atoms with Crippen molar-refractivity contribution in [3.05, 3.63) is 92.4 Å². The molecule has 0 spiro atoms. The van der Waals surface area contributed by atoms with Crippen LogP contribution < -0.4 is 15.0 Å². The first-order chi connectivity index (χ1) is 18.0. The molecule has 11 heteroatoms. The fourth-order valence-electron chi connectivity index (χ4n) is 5.22. The number of carbonyl (C=O) groups is 1. The van der Waals surface area contributed by atoms with Gasteiger partial charge in [-0.1, -0.05) is 30.7 Å². The van der Waals surface area contributed by atoms with Crippen molar-refractivity contribution >= 4 is 32.6 Å². The largest absolute Gasteiger partial charge is 0.618 e. The summed E-state index contributed by atoms with van der Waals surface area (Å²) >= 11 is 0. The van der Waals surface area contributed by atoms with Gasteiger partial charge in [0.15, 0.2) is 5.60 Å². The Morgan fingerprint density at radius 2 is 1.89 bits per heavy atom. The van der Waals surface area contributed by atoms with E-state index in [2.05, 4.69) is 4.72 Å². The number of anilines is 1. The van der Waals surface area contributed by atoms with Crippen molar-refractivity contribution in [1.29, 1.82) is 0 Å². The zero-order valence-electron chi connectivity index (χ0n) is 20.5. The van der Waals surface area contributed by atoms with E-state index in [1.165, 1.54) is 28.8 Å². The number of nitrogens with zero attached hydrogens (tertiary/aromatic N) is 2. The summed E-state index contributed by atoms with van der Waals surface area (Å²) in [7, 11) is -4.00. The Kier molecular flexibility index (Phi) is 5.17. The quantitative estimate of drug-likeness (QED) is 0.205. The second-order valence-corrected chi connectivity index (χ2v) is 11.3. The number of ether oxygens (including phenoxy) is 1. The lowest BCUT2D eigenvalue weighted by molar-refractivity contribution is -0.564. The topological polar surface area (TPSA) is 142 Å². The van der Waals surface area contributed by atoms with Crippen LogP contribution in [0, 0.1) is 12.1 Å². The number of esters is 1. The molecule has 0 saturated heterocycles. The molecule has 0 radical (unpaired) electrons. The monoisotopic (exact) mass is 533 g/mol. The number of cyclic esters (lactones) is 1. The summed E-state index contributed by atoms with van der Waals surface area (Å²) in [5.41, 5.74) is -0.191. The molecule has 38 heavy (non-hydrogen) atoms. The number of nitrogens with one attached hydrogen (secondary N) is 1. The van der Waals surface area contributed by atoms with Gasteiger partial charge >= 0.3 is 5.97 Å². The standard InChI is InChI=1S/C27H23N3O7S/c1-3-27(33)20-12-22-24-17(13-29(22)25(31)19(20)14-37-26(27)32)11-16-5-4-6-21(23(16)30(24)34)28-38(35,36)18-9-7-15(2)8-10-18/h4-12,28,33H,3,13-14H2,1-2H3/t27-/m0/s1. The number of aryl methyl sites for hydroxylation is 1. The van der Waals surface area contributed by atoms with Crippen LogP contribution in [-0.4, -0.2) is 24.1 Å². The van der Waals surface area contributed by atoms with Crippen molar-refractivity contribution in [2.24, 2.45) is 0 Å². The highest BCUT2D eigenvalue weighted by Gasteiger charge is 2.46. The number of pyridine rings is 2. The van der Waals surface area contributed by atoms with E-state index in [9.17, 15) is 28.3 Å². The van der Waals surface area contributed by atoms with Gasteiger partial charge in [-0.05, 0) is 49.7 Å². The molecule has 2 N–H and O–H groups in total. The Bertz CT molecular complexity index is 1850. The molecule has 0 saturated carbocycles. The highest BCUT2D eigenvalue weighted by molar-refractivity contribution is 7.92. The number of fused-ring (bicyclic) bond motifs is 5. The fourth-order valence-corrected chi connectivity index (χ4v) is 6.28. The van der Waals surface area contributed by atoms with Gasteiger partial charge in [-0.15, -0.1) is 0 Å². The van der Waals surface area contributed by atoms with E-state index in [0.29, 0.717) is 15.7 Å². The van der Waals surface area contributed by atoms with Gasteiger partial charge in [0.05, 0.1) is 22.4 Å².